The van der Waals surface area contributed by atoms with E-state index in [1.54, 1.807) is 6.20 Å². The van der Waals surface area contributed by atoms with E-state index >= 15 is 0 Å². The highest BCUT2D eigenvalue weighted by molar-refractivity contribution is 5.71. The maximum atomic E-state index is 11.9. The van der Waals surface area contributed by atoms with E-state index in [-0.39, 0.29) is 12.1 Å². The summed E-state index contributed by atoms with van der Waals surface area (Å²) in [5, 5.41) is 2.95. The number of carbonyl (C=O) groups excluding carboxylic acids is 1. The first kappa shape index (κ1) is 16.4. The zero-order chi connectivity index (χ0) is 16.3. The van der Waals surface area contributed by atoms with Crippen molar-refractivity contribution in [3.05, 3.63) is 18.0 Å². The van der Waals surface area contributed by atoms with Gasteiger partial charge in [-0.1, -0.05) is 0 Å². The minimum atomic E-state index is -0.482. The fraction of sp³-hybridized carbons (Fsp3) is 0.625. The largest absolute Gasteiger partial charge is 0.444 e. The minimum absolute atomic E-state index is 0.0653. The first-order chi connectivity index (χ1) is 10.3. The average molecular weight is 306 g/mol. The summed E-state index contributed by atoms with van der Waals surface area (Å²) in [4.78, 5) is 18.2. The smallest absolute Gasteiger partial charge is 0.407 e. The van der Waals surface area contributed by atoms with E-state index in [1.807, 2.05) is 33.9 Å². The van der Waals surface area contributed by atoms with Crippen molar-refractivity contribution in [1.29, 1.82) is 0 Å². The maximum absolute atomic E-state index is 11.9. The van der Waals surface area contributed by atoms with E-state index in [0.717, 1.165) is 37.2 Å². The summed E-state index contributed by atoms with van der Waals surface area (Å²) in [7, 11) is 0. The van der Waals surface area contributed by atoms with Gasteiger partial charge >= 0.3 is 6.09 Å². The Morgan fingerprint density at radius 2 is 2.18 bits per heavy atom. The van der Waals surface area contributed by atoms with Crippen molar-refractivity contribution in [2.45, 2.75) is 52.2 Å². The standard InChI is InChI=1S/C16H26N4O2/c1-11-8-18-9-13(17)14(11)20-7-5-6-12(10-20)19-15(21)22-16(2,3)4/h8-9,12H,5-7,10,17H2,1-4H3,(H,19,21). The van der Waals surface area contributed by atoms with E-state index in [2.05, 4.69) is 15.2 Å². The van der Waals surface area contributed by atoms with E-state index in [4.69, 9.17) is 10.5 Å². The lowest BCUT2D eigenvalue weighted by Crippen LogP contribution is -2.49. The van der Waals surface area contributed by atoms with Crippen molar-refractivity contribution in [2.24, 2.45) is 0 Å². The summed E-state index contributed by atoms with van der Waals surface area (Å²) in [5.74, 6) is 0. The van der Waals surface area contributed by atoms with Gasteiger partial charge in [-0.05, 0) is 46.1 Å². The van der Waals surface area contributed by atoms with E-state index < -0.39 is 5.60 Å². The number of anilines is 2. The Kier molecular flexibility index (Phi) is 4.78. The van der Waals surface area contributed by atoms with Gasteiger partial charge in [0.05, 0.1) is 17.6 Å². The van der Waals surface area contributed by atoms with Crippen LogP contribution in [-0.2, 0) is 4.74 Å². The molecule has 1 amide bonds. The molecule has 22 heavy (non-hydrogen) atoms. The van der Waals surface area contributed by atoms with Crippen LogP contribution in [0, 0.1) is 6.92 Å². The number of aryl methyl sites for hydroxylation is 1. The predicted octanol–water partition coefficient (Wildman–Crippen LogP) is 2.47. The molecule has 2 rings (SSSR count). The molecule has 0 bridgehead atoms. The molecule has 1 unspecified atom stereocenters. The Labute approximate surface area is 132 Å². The number of aromatic nitrogens is 1. The number of nitrogen functional groups attached to an aromatic ring is 1. The number of alkyl carbamates (subject to hydrolysis) is 1. The highest BCUT2D eigenvalue weighted by Crippen LogP contribution is 2.28. The topological polar surface area (TPSA) is 80.5 Å². The molecule has 1 aromatic rings. The molecule has 2 heterocycles. The highest BCUT2D eigenvalue weighted by atomic mass is 16.6. The van der Waals surface area contributed by atoms with Crippen molar-refractivity contribution >= 4 is 17.5 Å². The first-order valence-electron chi connectivity index (χ1n) is 7.71. The number of nitrogens with zero attached hydrogens (tertiary/aromatic N) is 2. The minimum Gasteiger partial charge on any atom is -0.444 e. The van der Waals surface area contributed by atoms with E-state index in [0.29, 0.717) is 5.69 Å². The van der Waals surface area contributed by atoms with Crippen LogP contribution in [-0.4, -0.2) is 35.8 Å². The van der Waals surface area contributed by atoms with Crippen LogP contribution in [0.25, 0.3) is 0 Å². The second-order valence-corrected chi connectivity index (χ2v) is 6.83. The summed E-state index contributed by atoms with van der Waals surface area (Å²) in [6.07, 6.45) is 5.07. The number of rotatable bonds is 2. The SMILES string of the molecule is Cc1cncc(N)c1N1CCCC(NC(=O)OC(C)(C)C)C1. The first-order valence-corrected chi connectivity index (χ1v) is 7.71. The third kappa shape index (κ3) is 4.26. The lowest BCUT2D eigenvalue weighted by atomic mass is 10.0. The fourth-order valence-corrected chi connectivity index (χ4v) is 2.78. The third-order valence-electron chi connectivity index (χ3n) is 3.59. The molecule has 1 aliphatic rings. The number of carbonyl (C=O) groups is 1. The van der Waals surface area contributed by atoms with Crippen molar-refractivity contribution < 1.29 is 9.53 Å². The van der Waals surface area contributed by atoms with Crippen molar-refractivity contribution in [3.8, 4) is 0 Å². The van der Waals surface area contributed by atoms with Crippen LogP contribution in [0.15, 0.2) is 12.4 Å². The summed E-state index contributed by atoms with van der Waals surface area (Å²) in [6, 6.07) is 0.0653. The number of hydrogen-bond acceptors (Lipinski definition) is 5. The molecule has 1 saturated heterocycles. The zero-order valence-electron chi connectivity index (χ0n) is 13.8. The van der Waals surface area contributed by atoms with Gasteiger partial charge < -0.3 is 20.7 Å². The van der Waals surface area contributed by atoms with E-state index in [9.17, 15) is 4.79 Å². The monoisotopic (exact) mass is 306 g/mol. The number of hydrogen-bond donors (Lipinski definition) is 2. The highest BCUT2D eigenvalue weighted by Gasteiger charge is 2.25. The molecular weight excluding hydrogens is 280 g/mol. The molecule has 0 saturated carbocycles. The fourth-order valence-electron chi connectivity index (χ4n) is 2.78. The number of piperidine rings is 1. The van der Waals surface area contributed by atoms with Crippen LogP contribution in [0.1, 0.15) is 39.2 Å². The molecule has 1 atom stereocenters. The second kappa shape index (κ2) is 6.42. The molecule has 1 aromatic heterocycles. The number of ether oxygens (including phenoxy) is 1. The van der Waals surface area contributed by atoms with Crippen LogP contribution in [0.5, 0.6) is 0 Å². The lowest BCUT2D eigenvalue weighted by molar-refractivity contribution is 0.0500. The number of nitrogens with one attached hydrogen (secondary N) is 1. The molecule has 0 aromatic carbocycles. The second-order valence-electron chi connectivity index (χ2n) is 6.83. The van der Waals surface area contributed by atoms with E-state index in [1.165, 1.54) is 0 Å². The Morgan fingerprint density at radius 3 is 2.82 bits per heavy atom. The summed E-state index contributed by atoms with van der Waals surface area (Å²) in [5.41, 5.74) is 8.34. The van der Waals surface area contributed by atoms with Gasteiger partial charge in [-0.3, -0.25) is 4.98 Å². The Morgan fingerprint density at radius 1 is 1.45 bits per heavy atom. The van der Waals surface area contributed by atoms with Crippen molar-refractivity contribution in [1.82, 2.24) is 10.3 Å². The van der Waals surface area contributed by atoms with Gasteiger partial charge in [0, 0.05) is 25.3 Å². The molecule has 122 valence electrons. The third-order valence-corrected chi connectivity index (χ3v) is 3.59. The molecule has 0 radical (unpaired) electrons. The molecule has 1 fully saturated rings. The molecule has 6 heteroatoms. The number of pyridine rings is 1. The van der Waals surface area contributed by atoms with Gasteiger partial charge in [0.15, 0.2) is 0 Å². The predicted molar refractivity (Wildman–Crippen MR) is 88.0 cm³/mol. The molecule has 0 aliphatic carbocycles. The molecule has 1 aliphatic heterocycles. The molecule has 6 nitrogen and oxygen atoms in total. The Hall–Kier alpha value is -1.98. The lowest BCUT2D eigenvalue weighted by Gasteiger charge is -2.36. The summed E-state index contributed by atoms with van der Waals surface area (Å²) in [6.45, 7) is 9.25. The van der Waals surface area contributed by atoms with Gasteiger partial charge in [-0.15, -0.1) is 0 Å². The van der Waals surface area contributed by atoms with Crippen LogP contribution >= 0.6 is 0 Å². The van der Waals surface area contributed by atoms with Gasteiger partial charge in [-0.2, -0.15) is 0 Å². The molecular formula is C16H26N4O2. The van der Waals surface area contributed by atoms with Gasteiger partial charge in [0.2, 0.25) is 0 Å². The van der Waals surface area contributed by atoms with Crippen LogP contribution < -0.4 is 16.0 Å². The van der Waals surface area contributed by atoms with Crippen LogP contribution in [0.3, 0.4) is 0 Å². The molecule has 0 spiro atoms. The maximum Gasteiger partial charge on any atom is 0.407 e. The van der Waals surface area contributed by atoms with Crippen LogP contribution in [0.2, 0.25) is 0 Å². The van der Waals surface area contributed by atoms with Gasteiger partial charge in [0.1, 0.15) is 5.60 Å². The summed E-state index contributed by atoms with van der Waals surface area (Å²) < 4.78 is 5.33. The van der Waals surface area contributed by atoms with Crippen molar-refractivity contribution in [3.63, 3.8) is 0 Å². The molecule has 3 N–H and O–H groups in total. The Bertz CT molecular complexity index is 519. The average Bonchev–Trinajstić information content (AvgIpc) is 2.36. The van der Waals surface area contributed by atoms with Crippen LogP contribution in [0.4, 0.5) is 16.2 Å². The summed E-state index contributed by atoms with van der Waals surface area (Å²) >= 11 is 0. The quantitative estimate of drug-likeness (QED) is 0.877. The van der Waals surface area contributed by atoms with Crippen molar-refractivity contribution in [2.75, 3.05) is 23.7 Å². The Balaban J connectivity index is 2.02. The zero-order valence-corrected chi connectivity index (χ0v) is 13.8. The number of nitrogens with two attached hydrogens (primary N) is 1. The normalized spacial score (nSPS) is 18.9. The van der Waals surface area contributed by atoms with Gasteiger partial charge in [-0.25, -0.2) is 4.79 Å². The number of amides is 1. The van der Waals surface area contributed by atoms with Gasteiger partial charge in [0.25, 0.3) is 0 Å².